The number of phenolic OH excluding ortho intramolecular Hbond substituents is 1. The normalized spacial score (nSPS) is 20.3. The summed E-state index contributed by atoms with van der Waals surface area (Å²) in [5, 5.41) is 9.63. The lowest BCUT2D eigenvalue weighted by atomic mass is 9.99. The number of anilines is 1. The van der Waals surface area contributed by atoms with Crippen molar-refractivity contribution in [1.29, 1.82) is 0 Å². The lowest BCUT2D eigenvalue weighted by Crippen LogP contribution is -2.56. The van der Waals surface area contributed by atoms with Crippen LogP contribution in [-0.2, 0) is 9.84 Å². The first kappa shape index (κ1) is 33.6. The minimum absolute atomic E-state index is 0.0817. The van der Waals surface area contributed by atoms with E-state index < -0.39 is 49.1 Å². The van der Waals surface area contributed by atoms with Gasteiger partial charge in [-0.2, -0.15) is 0 Å². The summed E-state index contributed by atoms with van der Waals surface area (Å²) < 4.78 is 99.8. The molecule has 3 aliphatic rings. The van der Waals surface area contributed by atoms with Crippen LogP contribution in [0.5, 0.6) is 11.5 Å². The van der Waals surface area contributed by atoms with E-state index in [2.05, 4.69) is 31.3 Å². The second kappa shape index (κ2) is 13.3. The van der Waals surface area contributed by atoms with Crippen molar-refractivity contribution in [3.05, 3.63) is 48.2 Å². The number of rotatable bonds is 7. The van der Waals surface area contributed by atoms with Gasteiger partial charge in [0.25, 0.3) is 0 Å². The number of fused-ring (bicyclic) bond motifs is 1. The van der Waals surface area contributed by atoms with E-state index in [1.54, 1.807) is 4.90 Å². The van der Waals surface area contributed by atoms with Crippen LogP contribution in [-0.4, -0.2) is 111 Å². The van der Waals surface area contributed by atoms with Crippen LogP contribution in [0.4, 0.5) is 27.6 Å². The number of phenols is 1. The Morgan fingerprint density at radius 3 is 1.96 bits per heavy atom. The largest absolute Gasteiger partial charge is 0.573 e. The number of halogens is 5. The topological polar surface area (TPSA) is 89.5 Å². The number of benzene rings is 2. The summed E-state index contributed by atoms with van der Waals surface area (Å²) in [7, 11) is -4.65. The molecule has 15 heteroatoms. The SMILES string of the molecule is CCN1CCC(N2CCN(C3CCN(c4c(S(=O)(=O)c5cc(F)c(O)c(F)c5)cnc5ccc(OC(F)(F)F)cc45)CC3)CC2)CC1. The summed E-state index contributed by atoms with van der Waals surface area (Å²) in [6, 6.07) is 5.32. The van der Waals surface area contributed by atoms with Crippen molar-refractivity contribution in [3.63, 3.8) is 0 Å². The molecule has 1 aromatic heterocycles. The molecule has 0 bridgehead atoms. The Balaban J connectivity index is 1.25. The molecule has 3 saturated heterocycles. The van der Waals surface area contributed by atoms with E-state index in [1.807, 2.05) is 0 Å². The molecule has 4 heterocycles. The van der Waals surface area contributed by atoms with Gasteiger partial charge < -0.3 is 19.6 Å². The second-order valence-electron chi connectivity index (χ2n) is 12.4. The molecule has 47 heavy (non-hydrogen) atoms. The number of pyridine rings is 1. The average molecular weight is 684 g/mol. The molecule has 0 radical (unpaired) electrons. The van der Waals surface area contributed by atoms with Gasteiger partial charge in [0.2, 0.25) is 9.84 Å². The van der Waals surface area contributed by atoms with Crippen LogP contribution in [0.25, 0.3) is 10.9 Å². The van der Waals surface area contributed by atoms with Gasteiger partial charge in [-0.3, -0.25) is 14.8 Å². The third kappa shape index (κ3) is 7.13. The van der Waals surface area contributed by atoms with Gasteiger partial charge in [0, 0.05) is 62.9 Å². The number of alkyl halides is 3. The number of aromatic nitrogens is 1. The first-order valence-corrected chi connectivity index (χ1v) is 17.4. The maximum Gasteiger partial charge on any atom is 0.573 e. The number of piperazine rings is 1. The summed E-state index contributed by atoms with van der Waals surface area (Å²) in [6.07, 6.45) is -0.219. The highest BCUT2D eigenvalue weighted by Crippen LogP contribution is 2.40. The highest BCUT2D eigenvalue weighted by atomic mass is 32.2. The maximum absolute atomic E-state index is 14.3. The lowest BCUT2D eigenvalue weighted by molar-refractivity contribution is -0.274. The van der Waals surface area contributed by atoms with Crippen LogP contribution < -0.4 is 9.64 Å². The second-order valence-corrected chi connectivity index (χ2v) is 14.3. The van der Waals surface area contributed by atoms with E-state index >= 15 is 0 Å². The van der Waals surface area contributed by atoms with Gasteiger partial charge in [-0.25, -0.2) is 17.2 Å². The number of hydrogen-bond donors (Lipinski definition) is 1. The van der Waals surface area contributed by atoms with Gasteiger partial charge in [0.15, 0.2) is 17.4 Å². The van der Waals surface area contributed by atoms with E-state index in [0.717, 1.165) is 64.1 Å². The first-order chi connectivity index (χ1) is 22.3. The van der Waals surface area contributed by atoms with Gasteiger partial charge >= 0.3 is 6.36 Å². The molecule has 9 nitrogen and oxygen atoms in total. The minimum atomic E-state index is -4.98. The summed E-state index contributed by atoms with van der Waals surface area (Å²) in [6.45, 7) is 10.1. The van der Waals surface area contributed by atoms with Crippen LogP contribution in [0.2, 0.25) is 0 Å². The summed E-state index contributed by atoms with van der Waals surface area (Å²) >= 11 is 0. The predicted molar refractivity (Wildman–Crippen MR) is 165 cm³/mol. The molecule has 0 atom stereocenters. The molecule has 6 rings (SSSR count). The quantitative estimate of drug-likeness (QED) is 0.345. The van der Waals surface area contributed by atoms with E-state index in [0.29, 0.717) is 44.1 Å². The van der Waals surface area contributed by atoms with Gasteiger partial charge in [0.1, 0.15) is 10.6 Å². The van der Waals surface area contributed by atoms with E-state index in [9.17, 15) is 35.5 Å². The molecule has 2 aromatic carbocycles. The molecule has 0 amide bonds. The third-order valence-corrected chi connectivity index (χ3v) is 11.5. The van der Waals surface area contributed by atoms with Crippen molar-refractivity contribution < 1.29 is 40.2 Å². The van der Waals surface area contributed by atoms with E-state index in [-0.39, 0.29) is 22.6 Å². The lowest BCUT2D eigenvalue weighted by Gasteiger charge is -2.46. The fraction of sp³-hybridized carbons (Fsp3) is 0.531. The van der Waals surface area contributed by atoms with Crippen molar-refractivity contribution >= 4 is 26.4 Å². The standard InChI is InChI=1S/C32H38F5N5O4S/c1-2-39-9-5-21(6-10-39)40-13-15-41(16-14-40)22-7-11-42(12-8-22)30-25-17-23(46-32(35,36)37)3-4-28(25)38-20-29(30)47(44,45)24-18-26(33)31(43)27(34)19-24/h3-4,17-22,43H,2,5-16H2,1H3. The Hall–Kier alpha value is -3.27. The first-order valence-electron chi connectivity index (χ1n) is 15.9. The van der Waals surface area contributed by atoms with Crippen LogP contribution in [0.15, 0.2) is 46.3 Å². The van der Waals surface area contributed by atoms with Crippen molar-refractivity contribution in [2.75, 3.05) is 63.8 Å². The number of piperidine rings is 2. The average Bonchev–Trinajstić information content (AvgIpc) is 3.06. The fourth-order valence-corrected chi connectivity index (χ4v) is 8.66. The summed E-state index contributed by atoms with van der Waals surface area (Å²) in [5.74, 6) is -4.81. The zero-order valence-electron chi connectivity index (χ0n) is 26.0. The van der Waals surface area contributed by atoms with E-state index in [4.69, 9.17) is 0 Å². The Morgan fingerprint density at radius 2 is 1.43 bits per heavy atom. The number of nitrogens with zero attached hydrogens (tertiary/aromatic N) is 5. The predicted octanol–water partition coefficient (Wildman–Crippen LogP) is 5.02. The monoisotopic (exact) mass is 683 g/mol. The highest BCUT2D eigenvalue weighted by Gasteiger charge is 2.35. The fourth-order valence-electron chi connectivity index (χ4n) is 7.21. The van der Waals surface area contributed by atoms with Gasteiger partial charge in [0.05, 0.1) is 16.1 Å². The zero-order chi connectivity index (χ0) is 33.5. The molecular formula is C32H38F5N5O4S. The minimum Gasteiger partial charge on any atom is -0.503 e. The van der Waals surface area contributed by atoms with Crippen molar-refractivity contribution in [2.24, 2.45) is 0 Å². The van der Waals surface area contributed by atoms with Crippen LogP contribution in [0.1, 0.15) is 32.6 Å². The molecule has 0 aliphatic carbocycles. The highest BCUT2D eigenvalue weighted by molar-refractivity contribution is 7.91. The van der Waals surface area contributed by atoms with Crippen molar-refractivity contribution in [3.8, 4) is 11.5 Å². The summed E-state index contributed by atoms with van der Waals surface area (Å²) in [5.41, 5.74) is 0.303. The van der Waals surface area contributed by atoms with Crippen molar-refractivity contribution in [1.82, 2.24) is 19.7 Å². The Morgan fingerprint density at radius 1 is 0.872 bits per heavy atom. The Bertz CT molecular complexity index is 1680. The zero-order valence-corrected chi connectivity index (χ0v) is 26.8. The van der Waals surface area contributed by atoms with Gasteiger partial charge in [-0.05, 0) is 75.6 Å². The molecule has 1 N–H and O–H groups in total. The molecule has 3 fully saturated rings. The molecule has 256 valence electrons. The molecule has 0 spiro atoms. The molecular weight excluding hydrogens is 645 g/mol. The van der Waals surface area contributed by atoms with Crippen LogP contribution >= 0.6 is 0 Å². The number of likely N-dealkylation sites (tertiary alicyclic amines) is 1. The smallest absolute Gasteiger partial charge is 0.503 e. The summed E-state index contributed by atoms with van der Waals surface area (Å²) in [4.78, 5) is 12.3. The number of ether oxygens (including phenoxy) is 1. The third-order valence-electron chi connectivity index (χ3n) is 9.77. The van der Waals surface area contributed by atoms with E-state index in [1.165, 1.54) is 18.9 Å². The Kier molecular flexibility index (Phi) is 9.53. The van der Waals surface area contributed by atoms with Crippen LogP contribution in [0, 0.1) is 11.6 Å². The van der Waals surface area contributed by atoms with Gasteiger partial charge in [-0.1, -0.05) is 6.92 Å². The Labute approximate surface area is 270 Å². The number of aromatic hydroxyl groups is 1. The molecule has 3 aromatic rings. The van der Waals surface area contributed by atoms with Gasteiger partial charge in [-0.15, -0.1) is 13.2 Å². The molecule has 3 aliphatic heterocycles. The van der Waals surface area contributed by atoms with Crippen LogP contribution in [0.3, 0.4) is 0 Å². The maximum atomic E-state index is 14.3. The molecule has 0 unspecified atom stereocenters. The number of sulfone groups is 1. The number of hydrogen-bond acceptors (Lipinski definition) is 9. The van der Waals surface area contributed by atoms with Crippen molar-refractivity contribution in [2.45, 2.75) is 60.8 Å². The molecule has 0 saturated carbocycles.